The molecule has 0 saturated carbocycles. The van der Waals surface area contributed by atoms with Gasteiger partial charge >= 0.3 is 0 Å². The number of nitriles is 2. The third-order valence-corrected chi connectivity index (χ3v) is 5.25. The van der Waals surface area contributed by atoms with Crippen LogP contribution >= 0.6 is 0 Å². The fourth-order valence-electron chi connectivity index (χ4n) is 3.40. The summed E-state index contributed by atoms with van der Waals surface area (Å²) in [7, 11) is 3.28. The Morgan fingerprint density at radius 2 is 1.67 bits per heavy atom. The standard InChI is InChI=1S/C24H21N11O/c1-14-18(12-25)21(30-16-6-8-17(36-4)9-7-16)31-22(27-3)20(14)32-33-23-19(13-26)15(2)34-35(23)24-28-10-5-11-29-24/h5-11H,1-4H3,(H2,27,30,31). The van der Waals surface area contributed by atoms with Crippen molar-refractivity contribution >= 4 is 28.8 Å². The van der Waals surface area contributed by atoms with Crippen molar-refractivity contribution in [3.05, 3.63) is 65.1 Å². The van der Waals surface area contributed by atoms with Crippen LogP contribution in [0.15, 0.2) is 53.0 Å². The predicted molar refractivity (Wildman–Crippen MR) is 132 cm³/mol. The Hall–Kier alpha value is -5.36. The van der Waals surface area contributed by atoms with Crippen LogP contribution in [0.4, 0.5) is 28.8 Å². The molecule has 2 N–H and O–H groups in total. The number of hydrogen-bond acceptors (Lipinski definition) is 11. The summed E-state index contributed by atoms with van der Waals surface area (Å²) in [5.74, 6) is 1.88. The molecule has 0 aliphatic heterocycles. The molecule has 0 amide bonds. The van der Waals surface area contributed by atoms with E-state index in [1.165, 1.54) is 4.68 Å². The molecule has 0 aliphatic rings. The molecule has 36 heavy (non-hydrogen) atoms. The topological polar surface area (TPSA) is 162 Å². The third kappa shape index (κ3) is 4.51. The average Bonchev–Trinajstić information content (AvgIpc) is 3.23. The zero-order valence-electron chi connectivity index (χ0n) is 20.0. The van der Waals surface area contributed by atoms with E-state index in [0.717, 1.165) is 5.69 Å². The second-order valence-electron chi connectivity index (χ2n) is 7.43. The summed E-state index contributed by atoms with van der Waals surface area (Å²) >= 11 is 0. The molecule has 0 unspecified atom stereocenters. The number of aryl methyl sites for hydroxylation is 1. The van der Waals surface area contributed by atoms with Gasteiger partial charge in [-0.2, -0.15) is 20.3 Å². The molecule has 0 bridgehead atoms. The lowest BCUT2D eigenvalue weighted by atomic mass is 10.1. The Labute approximate surface area is 207 Å². The van der Waals surface area contributed by atoms with Gasteiger partial charge < -0.3 is 15.4 Å². The highest BCUT2D eigenvalue weighted by molar-refractivity contribution is 5.76. The van der Waals surface area contributed by atoms with Crippen molar-refractivity contribution in [1.82, 2.24) is 24.7 Å². The van der Waals surface area contributed by atoms with Gasteiger partial charge in [0.25, 0.3) is 5.95 Å². The van der Waals surface area contributed by atoms with Crippen molar-refractivity contribution in [2.24, 2.45) is 10.2 Å². The van der Waals surface area contributed by atoms with E-state index < -0.39 is 0 Å². The van der Waals surface area contributed by atoms with Gasteiger partial charge in [-0.3, -0.25) is 0 Å². The number of methoxy groups -OCH3 is 1. The Morgan fingerprint density at radius 1 is 0.972 bits per heavy atom. The largest absolute Gasteiger partial charge is 0.497 e. The summed E-state index contributed by atoms with van der Waals surface area (Å²) in [6.07, 6.45) is 3.13. The fraction of sp³-hybridized carbons (Fsp3) is 0.167. The summed E-state index contributed by atoms with van der Waals surface area (Å²) in [4.78, 5) is 12.9. The van der Waals surface area contributed by atoms with E-state index in [9.17, 15) is 10.5 Å². The van der Waals surface area contributed by atoms with E-state index in [4.69, 9.17) is 4.74 Å². The molecule has 0 fully saturated rings. The summed E-state index contributed by atoms with van der Waals surface area (Å²) in [6.45, 7) is 3.44. The van der Waals surface area contributed by atoms with Crippen LogP contribution in [0.2, 0.25) is 0 Å². The van der Waals surface area contributed by atoms with Crippen LogP contribution in [0.3, 0.4) is 0 Å². The predicted octanol–water partition coefficient (Wildman–Crippen LogP) is 4.63. The van der Waals surface area contributed by atoms with E-state index in [2.05, 4.69) is 53.1 Å². The number of nitrogens with one attached hydrogen (secondary N) is 2. The Kier molecular flexibility index (Phi) is 6.79. The smallest absolute Gasteiger partial charge is 0.252 e. The first-order valence-corrected chi connectivity index (χ1v) is 10.7. The molecule has 3 heterocycles. The summed E-state index contributed by atoms with van der Waals surface area (Å²) in [5, 5.41) is 38.8. The zero-order chi connectivity index (χ0) is 25.7. The second kappa shape index (κ2) is 10.3. The fourth-order valence-corrected chi connectivity index (χ4v) is 3.40. The van der Waals surface area contributed by atoms with Crippen LogP contribution < -0.4 is 15.4 Å². The van der Waals surface area contributed by atoms with Gasteiger partial charge in [0.15, 0.2) is 17.5 Å². The molecule has 12 nitrogen and oxygen atoms in total. The molecule has 3 aromatic heterocycles. The van der Waals surface area contributed by atoms with Crippen molar-refractivity contribution in [1.29, 1.82) is 10.5 Å². The van der Waals surface area contributed by atoms with Crippen LogP contribution in [0.25, 0.3) is 5.95 Å². The monoisotopic (exact) mass is 479 g/mol. The van der Waals surface area contributed by atoms with Crippen molar-refractivity contribution in [3.8, 4) is 23.8 Å². The third-order valence-electron chi connectivity index (χ3n) is 5.25. The van der Waals surface area contributed by atoms with Gasteiger partial charge in [-0.25, -0.2) is 15.0 Å². The van der Waals surface area contributed by atoms with Crippen LogP contribution in [0.1, 0.15) is 22.4 Å². The lowest BCUT2D eigenvalue weighted by Crippen LogP contribution is -2.04. The van der Waals surface area contributed by atoms with E-state index in [0.29, 0.717) is 39.9 Å². The van der Waals surface area contributed by atoms with E-state index in [1.54, 1.807) is 58.6 Å². The lowest BCUT2D eigenvalue weighted by molar-refractivity contribution is 0.415. The van der Waals surface area contributed by atoms with Crippen LogP contribution in [-0.2, 0) is 0 Å². The van der Waals surface area contributed by atoms with Gasteiger partial charge in [0.1, 0.15) is 29.1 Å². The molecule has 4 aromatic rings. The number of anilines is 3. The van der Waals surface area contributed by atoms with Crippen molar-refractivity contribution in [3.63, 3.8) is 0 Å². The number of nitrogens with zero attached hydrogens (tertiary/aromatic N) is 9. The first-order chi connectivity index (χ1) is 17.5. The Balaban J connectivity index is 1.78. The molecule has 0 radical (unpaired) electrons. The molecule has 0 atom stereocenters. The molecule has 0 spiro atoms. The maximum atomic E-state index is 9.89. The van der Waals surface area contributed by atoms with Gasteiger partial charge in [0.2, 0.25) is 0 Å². The number of pyridine rings is 1. The van der Waals surface area contributed by atoms with Gasteiger partial charge in [-0.15, -0.1) is 10.2 Å². The molecule has 12 heteroatoms. The molecular formula is C24H21N11O. The maximum absolute atomic E-state index is 9.89. The highest BCUT2D eigenvalue weighted by Gasteiger charge is 2.20. The number of benzene rings is 1. The first-order valence-electron chi connectivity index (χ1n) is 10.7. The highest BCUT2D eigenvalue weighted by atomic mass is 16.5. The minimum absolute atomic E-state index is 0.168. The number of rotatable bonds is 7. The first kappa shape index (κ1) is 23.8. The zero-order valence-corrected chi connectivity index (χ0v) is 20.0. The van der Waals surface area contributed by atoms with Crippen molar-refractivity contribution < 1.29 is 4.74 Å². The number of ether oxygens (including phenoxy) is 1. The van der Waals surface area contributed by atoms with E-state index in [1.807, 2.05) is 12.1 Å². The quantitative estimate of drug-likeness (QED) is 0.360. The highest BCUT2D eigenvalue weighted by Crippen LogP contribution is 2.36. The number of aromatic nitrogens is 5. The SMILES string of the molecule is CNc1nc(Nc2ccc(OC)cc2)c(C#N)c(C)c1N=Nc1c(C#N)c(C)nn1-c1ncccn1. The van der Waals surface area contributed by atoms with Gasteiger partial charge in [0.05, 0.1) is 18.4 Å². The molecule has 178 valence electrons. The molecule has 1 aromatic carbocycles. The summed E-state index contributed by atoms with van der Waals surface area (Å²) in [6, 6.07) is 13.2. The van der Waals surface area contributed by atoms with Gasteiger partial charge in [-0.05, 0) is 44.2 Å². The Morgan fingerprint density at radius 3 is 2.28 bits per heavy atom. The van der Waals surface area contributed by atoms with Crippen LogP contribution in [-0.4, -0.2) is 38.9 Å². The van der Waals surface area contributed by atoms with Gasteiger partial charge in [-0.1, -0.05) is 0 Å². The van der Waals surface area contributed by atoms with Crippen molar-refractivity contribution in [2.75, 3.05) is 24.8 Å². The van der Waals surface area contributed by atoms with Crippen molar-refractivity contribution in [2.45, 2.75) is 13.8 Å². The summed E-state index contributed by atoms with van der Waals surface area (Å²) in [5.41, 5.74) is 2.62. The van der Waals surface area contributed by atoms with Gasteiger partial charge in [0, 0.05) is 30.7 Å². The van der Waals surface area contributed by atoms with Crippen LogP contribution in [0, 0.1) is 36.5 Å². The normalized spacial score (nSPS) is 10.6. The number of azo groups is 1. The second-order valence-corrected chi connectivity index (χ2v) is 7.43. The molecule has 4 rings (SSSR count). The lowest BCUT2D eigenvalue weighted by Gasteiger charge is -2.14. The molecule has 0 saturated heterocycles. The molecule has 0 aliphatic carbocycles. The minimum atomic E-state index is 0.168. The maximum Gasteiger partial charge on any atom is 0.252 e. The molecular weight excluding hydrogens is 458 g/mol. The Bertz CT molecular complexity index is 1510. The van der Waals surface area contributed by atoms with E-state index in [-0.39, 0.29) is 17.3 Å². The minimum Gasteiger partial charge on any atom is -0.497 e. The van der Waals surface area contributed by atoms with Crippen LogP contribution in [0.5, 0.6) is 5.75 Å². The number of hydrogen-bond donors (Lipinski definition) is 2. The summed E-state index contributed by atoms with van der Waals surface area (Å²) < 4.78 is 6.54. The average molecular weight is 480 g/mol. The van der Waals surface area contributed by atoms with E-state index >= 15 is 0 Å².